The second-order valence-electron chi connectivity index (χ2n) is 13.4. The average molecular weight is 674 g/mol. The number of aromatic nitrogens is 3. The molecule has 0 radical (unpaired) electrons. The fourth-order valence-corrected chi connectivity index (χ4v) is 7.46. The molecule has 3 aromatic heterocycles. The first-order valence-electron chi connectivity index (χ1n) is 16.4. The van der Waals surface area contributed by atoms with Crippen LogP contribution in [0.5, 0.6) is 5.88 Å². The smallest absolute Gasteiger partial charge is 0.264 e. The maximum absolute atomic E-state index is 14.5. The Morgan fingerprint density at radius 2 is 1.78 bits per heavy atom. The summed E-state index contributed by atoms with van der Waals surface area (Å²) in [5.74, 6) is 0.645. The van der Waals surface area contributed by atoms with E-state index in [1.165, 1.54) is 12.1 Å². The first-order chi connectivity index (χ1) is 23.5. The molecule has 49 heavy (non-hydrogen) atoms. The number of benzene rings is 2. The minimum atomic E-state index is -4.18. The van der Waals surface area contributed by atoms with Crippen LogP contribution in [0.25, 0.3) is 22.4 Å². The van der Waals surface area contributed by atoms with Crippen molar-refractivity contribution in [3.8, 4) is 17.1 Å². The molecule has 5 aromatic rings. The topological polar surface area (TPSA) is 128 Å². The molecule has 4 bridgehead atoms. The standard InChI is InChI=1S/C38H35N5O5S/c1-23-7-4-8-24(2)35(23)31-20-34-41-37(40-31)42-49(45,46)29-12-6-11-26(18-29)36(44)43(28(22-47-34)17-25-9-5-10-25)21-27-13-14-32-30(39-27)19-33(48-32)38(3)15-16-38/h4-8,11-14,18-20,28H,9,15-17,21-22H2,1-3H3,(H,40,41,42)/t28-/m1/s1. The number of carbonyl (C=O) groups excluding carboxylic acids is 1. The maximum Gasteiger partial charge on any atom is 0.264 e. The largest absolute Gasteiger partial charge is 0.475 e. The van der Waals surface area contributed by atoms with Gasteiger partial charge in [0.25, 0.3) is 15.9 Å². The van der Waals surface area contributed by atoms with Gasteiger partial charge in [-0.05, 0) is 86.2 Å². The van der Waals surface area contributed by atoms with E-state index >= 15 is 0 Å². The normalized spacial score (nSPS) is 19.1. The number of pyridine rings is 1. The number of aryl methyl sites for hydroxylation is 2. The number of furan rings is 1. The summed E-state index contributed by atoms with van der Waals surface area (Å²) in [6.07, 6.45) is 5.40. The van der Waals surface area contributed by atoms with E-state index in [0.29, 0.717) is 23.4 Å². The van der Waals surface area contributed by atoms with Crippen molar-refractivity contribution in [3.05, 3.63) is 112 Å². The number of nitrogens with zero attached hydrogens (tertiary/aromatic N) is 4. The molecule has 0 saturated heterocycles. The summed E-state index contributed by atoms with van der Waals surface area (Å²) >= 11 is 0. The Labute approximate surface area is 284 Å². The van der Waals surface area contributed by atoms with Crippen molar-refractivity contribution in [2.45, 2.75) is 69.4 Å². The third-order valence-electron chi connectivity index (χ3n) is 9.68. The second kappa shape index (κ2) is 11.7. The lowest BCUT2D eigenvalue weighted by Crippen LogP contribution is -2.44. The molecule has 3 aliphatic rings. The van der Waals surface area contributed by atoms with E-state index in [1.807, 2.05) is 56.3 Å². The van der Waals surface area contributed by atoms with Crippen LogP contribution in [0.4, 0.5) is 5.95 Å². The van der Waals surface area contributed by atoms with E-state index in [0.717, 1.165) is 52.8 Å². The van der Waals surface area contributed by atoms with Crippen molar-refractivity contribution in [3.63, 3.8) is 0 Å². The number of amides is 1. The van der Waals surface area contributed by atoms with Crippen LogP contribution in [0, 0.1) is 13.8 Å². The zero-order valence-electron chi connectivity index (χ0n) is 27.5. The van der Waals surface area contributed by atoms with Gasteiger partial charge in [0, 0.05) is 35.1 Å². The van der Waals surface area contributed by atoms with Gasteiger partial charge in [0.15, 0.2) is 5.58 Å². The Bertz CT molecular complexity index is 2320. The van der Waals surface area contributed by atoms with Crippen molar-refractivity contribution in [1.29, 1.82) is 0 Å². The Balaban J connectivity index is 1.23. The van der Waals surface area contributed by atoms with Gasteiger partial charge in [0.2, 0.25) is 11.8 Å². The van der Waals surface area contributed by atoms with Crippen molar-refractivity contribution in [2.75, 3.05) is 11.3 Å². The molecule has 1 saturated carbocycles. The first kappa shape index (κ1) is 31.0. The number of hydrogen-bond donors (Lipinski definition) is 1. The molecule has 8 rings (SSSR count). The van der Waals surface area contributed by atoms with Gasteiger partial charge in [-0.2, -0.15) is 4.98 Å². The molecule has 0 unspecified atom stereocenters. The third kappa shape index (κ3) is 6.00. The molecule has 1 aliphatic heterocycles. The van der Waals surface area contributed by atoms with E-state index < -0.39 is 16.1 Å². The van der Waals surface area contributed by atoms with E-state index in [4.69, 9.17) is 14.1 Å². The number of nitrogens with one attached hydrogen (secondary N) is 1. The highest BCUT2D eigenvalue weighted by Crippen LogP contribution is 2.48. The molecule has 0 spiro atoms. The summed E-state index contributed by atoms with van der Waals surface area (Å²) in [5.41, 5.74) is 10.0. The van der Waals surface area contributed by atoms with Crippen LogP contribution < -0.4 is 9.46 Å². The fraction of sp³-hybridized carbons (Fsp3) is 0.289. The predicted octanol–water partition coefficient (Wildman–Crippen LogP) is 7.03. The second-order valence-corrected chi connectivity index (χ2v) is 15.1. The van der Waals surface area contributed by atoms with Crippen LogP contribution in [0.15, 0.2) is 93.4 Å². The summed E-state index contributed by atoms with van der Waals surface area (Å²) < 4.78 is 42.4. The molecule has 2 aliphatic carbocycles. The Morgan fingerprint density at radius 3 is 2.51 bits per heavy atom. The molecule has 248 valence electrons. The molecule has 4 heterocycles. The van der Waals surface area contributed by atoms with E-state index in [2.05, 4.69) is 27.3 Å². The van der Waals surface area contributed by atoms with Crippen molar-refractivity contribution < 1.29 is 22.4 Å². The number of sulfonamides is 1. The zero-order valence-corrected chi connectivity index (χ0v) is 28.3. The molecule has 1 fully saturated rings. The van der Waals surface area contributed by atoms with Gasteiger partial charge < -0.3 is 14.1 Å². The molecule has 2 aromatic carbocycles. The minimum Gasteiger partial charge on any atom is -0.475 e. The van der Waals surface area contributed by atoms with Crippen LogP contribution in [0.2, 0.25) is 0 Å². The zero-order chi connectivity index (χ0) is 33.9. The van der Waals surface area contributed by atoms with Gasteiger partial charge in [-0.15, -0.1) is 5.73 Å². The lowest BCUT2D eigenvalue weighted by atomic mass is 9.97. The number of rotatable bonds is 6. The third-order valence-corrected chi connectivity index (χ3v) is 11.0. The summed E-state index contributed by atoms with van der Waals surface area (Å²) in [6, 6.07) is 19.0. The highest BCUT2D eigenvalue weighted by atomic mass is 32.2. The molecular weight excluding hydrogens is 639 g/mol. The molecule has 10 nitrogen and oxygen atoms in total. The van der Waals surface area contributed by atoms with E-state index in [1.54, 1.807) is 23.1 Å². The van der Waals surface area contributed by atoms with Crippen LogP contribution >= 0.6 is 0 Å². The molecule has 1 atom stereocenters. The van der Waals surface area contributed by atoms with Crippen molar-refractivity contribution in [1.82, 2.24) is 19.9 Å². The predicted molar refractivity (Wildman–Crippen MR) is 185 cm³/mol. The molecule has 1 N–H and O–H groups in total. The summed E-state index contributed by atoms with van der Waals surface area (Å²) in [5, 5.41) is 0. The minimum absolute atomic E-state index is 0.0534. The van der Waals surface area contributed by atoms with Gasteiger partial charge in [-0.3, -0.25) is 4.79 Å². The highest BCUT2D eigenvalue weighted by Gasteiger charge is 2.42. The van der Waals surface area contributed by atoms with Crippen LogP contribution in [0.1, 0.15) is 65.5 Å². The number of hydrogen-bond acceptors (Lipinski definition) is 8. The summed E-state index contributed by atoms with van der Waals surface area (Å²) in [7, 11) is -4.18. The van der Waals surface area contributed by atoms with Gasteiger partial charge in [0.05, 0.1) is 28.9 Å². The van der Waals surface area contributed by atoms with Gasteiger partial charge in [-0.1, -0.05) is 31.2 Å². The first-order valence-corrected chi connectivity index (χ1v) is 17.9. The lowest BCUT2D eigenvalue weighted by molar-refractivity contribution is 0.0583. The summed E-state index contributed by atoms with van der Waals surface area (Å²) in [4.78, 5) is 30.1. The van der Waals surface area contributed by atoms with Gasteiger partial charge in [-0.25, -0.2) is 23.1 Å². The fourth-order valence-electron chi connectivity index (χ4n) is 6.47. The van der Waals surface area contributed by atoms with Gasteiger partial charge in [0.1, 0.15) is 17.9 Å². The Hall–Kier alpha value is -5.25. The lowest BCUT2D eigenvalue weighted by Gasteiger charge is -2.32. The number of carbonyl (C=O) groups is 1. The molecular formula is C38H35N5O5S. The highest BCUT2D eigenvalue weighted by molar-refractivity contribution is 7.92. The van der Waals surface area contributed by atoms with Gasteiger partial charge >= 0.3 is 0 Å². The van der Waals surface area contributed by atoms with Crippen molar-refractivity contribution in [2.24, 2.45) is 0 Å². The Morgan fingerprint density at radius 1 is 1.00 bits per heavy atom. The van der Waals surface area contributed by atoms with Crippen LogP contribution in [0.3, 0.4) is 0 Å². The Kier molecular flexibility index (Phi) is 7.42. The quantitative estimate of drug-likeness (QED) is 0.190. The molecule has 1 amide bonds. The maximum atomic E-state index is 14.5. The number of anilines is 1. The number of fused-ring (bicyclic) bond motifs is 5. The SMILES string of the molecule is Cc1cccc(C)c1-c1cc2nc(n1)NS(=O)(=O)c1cccc(c1)C(=O)N(Cc1ccc3oc(C4(C)CC4)cc3n1)[C@H](CC1=C=CC1)CO2. The van der Waals surface area contributed by atoms with E-state index in [-0.39, 0.29) is 46.8 Å². The van der Waals surface area contributed by atoms with Crippen LogP contribution in [-0.2, 0) is 22.0 Å². The van der Waals surface area contributed by atoms with E-state index in [9.17, 15) is 13.2 Å². The average Bonchev–Trinajstić information content (AvgIpc) is 3.65. The van der Waals surface area contributed by atoms with Crippen LogP contribution in [-0.4, -0.2) is 46.8 Å². The number of ether oxygens (including phenoxy) is 1. The summed E-state index contributed by atoms with van der Waals surface area (Å²) in [6.45, 7) is 6.39. The van der Waals surface area contributed by atoms with Crippen molar-refractivity contribution >= 4 is 33.0 Å². The monoisotopic (exact) mass is 673 g/mol. The molecule has 11 heteroatoms.